The number of nitrogens with one attached hydrogen (secondary N) is 8. The van der Waals surface area contributed by atoms with Gasteiger partial charge in [-0.2, -0.15) is 0 Å². The maximum Gasteiger partial charge on any atom is 0.251 e. The minimum absolute atomic E-state index is 0.0181. The summed E-state index contributed by atoms with van der Waals surface area (Å²) in [4.78, 5) is 113. The van der Waals surface area contributed by atoms with Crippen molar-refractivity contribution in [1.82, 2.24) is 52.3 Å². The highest BCUT2D eigenvalue weighted by Crippen LogP contribution is 2.30. The summed E-state index contributed by atoms with van der Waals surface area (Å²) in [6, 6.07) is 18.0. The second-order valence-electron chi connectivity index (χ2n) is 20.4. The minimum atomic E-state index is -1.02. The average Bonchev–Trinajstić information content (AvgIpc) is 3.97. The highest BCUT2D eigenvalue weighted by molar-refractivity contribution is 5.99. The second-order valence-corrected chi connectivity index (χ2v) is 20.4. The first-order valence-electron chi connectivity index (χ1n) is 23.9. The van der Waals surface area contributed by atoms with Gasteiger partial charge in [-0.3, -0.25) is 38.4 Å². The molecule has 0 radical (unpaired) electrons. The van der Waals surface area contributed by atoms with Crippen LogP contribution < -0.4 is 42.5 Å². The highest BCUT2D eigenvalue weighted by Gasteiger charge is 2.47. The molecule has 18 heteroatoms. The van der Waals surface area contributed by atoms with E-state index in [1.165, 1.54) is 41.1 Å². The van der Waals surface area contributed by atoms with Gasteiger partial charge in [0.15, 0.2) is 0 Å². The number of nitrogens with zero attached hydrogens (tertiary/aromatic N) is 2. The van der Waals surface area contributed by atoms with Crippen LogP contribution in [-0.2, 0) is 28.8 Å². The molecule has 2 aliphatic heterocycles. The lowest BCUT2D eigenvalue weighted by Crippen LogP contribution is -2.59. The van der Waals surface area contributed by atoms with E-state index >= 15 is 0 Å². The Morgan fingerprint density at radius 1 is 0.514 bits per heavy atom. The molecule has 0 aromatic heterocycles. The lowest BCUT2D eigenvalue weighted by molar-refractivity contribution is -0.144. The number of hydrogen-bond acceptors (Lipinski definition) is 10. The van der Waals surface area contributed by atoms with E-state index in [-0.39, 0.29) is 48.9 Å². The molecule has 4 unspecified atom stereocenters. The number of rotatable bonds is 17. The topological polar surface area (TPSA) is 239 Å². The van der Waals surface area contributed by atoms with Gasteiger partial charge in [0.1, 0.15) is 24.2 Å². The summed E-state index contributed by atoms with van der Waals surface area (Å²) in [6.07, 6.45) is 0.208. The Bertz CT molecular complexity index is 2310. The Hall–Kier alpha value is -6.66. The van der Waals surface area contributed by atoms with Gasteiger partial charge in [0.2, 0.25) is 35.4 Å². The lowest BCUT2D eigenvalue weighted by Gasteiger charge is -2.36. The van der Waals surface area contributed by atoms with Crippen LogP contribution in [0.25, 0.3) is 0 Å². The van der Waals surface area contributed by atoms with E-state index in [0.717, 1.165) is 11.1 Å². The summed E-state index contributed by atoms with van der Waals surface area (Å²) >= 11 is 0. The molecule has 2 fully saturated rings. The molecule has 0 bridgehead atoms. The minimum Gasteiger partial charge on any atom is -0.357 e. The van der Waals surface area contributed by atoms with Gasteiger partial charge >= 0.3 is 0 Å². The Labute approximate surface area is 411 Å². The molecule has 70 heavy (non-hydrogen) atoms. The largest absolute Gasteiger partial charge is 0.357 e. The SMILES string of the molecule is CNC(=O)[C@@H]1CC(NC(=O)c2ccc(C(=O)N[C@H]3CC(C(=O)NC(c4ccccc4)c4ccccc4)N(C(=O)C(NC(=O)[C@H](C)NC)C(C)(C)C)C3)cc2)CN1C(=O)C(NC(=O)[C@H](C)NC)C(C)(C)C. The van der Waals surface area contributed by atoms with Crippen molar-refractivity contribution in [3.63, 3.8) is 0 Å². The monoisotopic (exact) mass is 965 g/mol. The summed E-state index contributed by atoms with van der Waals surface area (Å²) in [7, 11) is 4.75. The van der Waals surface area contributed by atoms with Crippen LogP contribution in [0.2, 0.25) is 0 Å². The van der Waals surface area contributed by atoms with E-state index in [0.29, 0.717) is 0 Å². The Morgan fingerprint density at radius 3 is 1.20 bits per heavy atom. The van der Waals surface area contributed by atoms with Crippen molar-refractivity contribution in [2.75, 3.05) is 34.2 Å². The van der Waals surface area contributed by atoms with Gasteiger partial charge in [0, 0.05) is 43.3 Å². The molecule has 8 N–H and O–H groups in total. The molecule has 18 nitrogen and oxygen atoms in total. The molecule has 2 aliphatic rings. The second kappa shape index (κ2) is 23.3. The number of carbonyl (C=O) groups is 8. The molecule has 2 heterocycles. The van der Waals surface area contributed by atoms with Crippen molar-refractivity contribution in [3.8, 4) is 0 Å². The zero-order valence-electron chi connectivity index (χ0n) is 42.3. The van der Waals surface area contributed by atoms with Crippen LogP contribution in [0.4, 0.5) is 0 Å². The number of carbonyl (C=O) groups excluding carboxylic acids is 8. The van der Waals surface area contributed by atoms with Crippen LogP contribution in [0.3, 0.4) is 0 Å². The van der Waals surface area contributed by atoms with Crippen molar-refractivity contribution < 1.29 is 38.4 Å². The predicted octanol–water partition coefficient (Wildman–Crippen LogP) is 2.01. The van der Waals surface area contributed by atoms with E-state index < -0.39 is 101 Å². The summed E-state index contributed by atoms with van der Waals surface area (Å²) in [5.74, 6) is -3.50. The number of likely N-dealkylation sites (tertiary alicyclic amines) is 2. The fourth-order valence-electron chi connectivity index (χ4n) is 8.66. The summed E-state index contributed by atoms with van der Waals surface area (Å²) in [5, 5.41) is 23.2. The van der Waals surface area contributed by atoms with Gasteiger partial charge < -0.3 is 52.3 Å². The van der Waals surface area contributed by atoms with Gasteiger partial charge in [0.05, 0.1) is 18.1 Å². The molecule has 8 amide bonds. The molecule has 0 aliphatic carbocycles. The molecule has 378 valence electrons. The van der Waals surface area contributed by atoms with Crippen LogP contribution in [0, 0.1) is 10.8 Å². The molecular weight excluding hydrogens is 893 g/mol. The molecule has 8 atom stereocenters. The Balaban J connectivity index is 1.33. The van der Waals surface area contributed by atoms with Crippen molar-refractivity contribution in [1.29, 1.82) is 0 Å². The molecule has 5 rings (SSSR count). The molecule has 0 spiro atoms. The van der Waals surface area contributed by atoms with Crippen molar-refractivity contribution >= 4 is 47.3 Å². The van der Waals surface area contributed by atoms with E-state index in [1.54, 1.807) is 27.9 Å². The fourth-order valence-corrected chi connectivity index (χ4v) is 8.66. The number of amides is 8. The quantitative estimate of drug-likeness (QED) is 0.0980. The third-order valence-electron chi connectivity index (χ3n) is 13.1. The summed E-state index contributed by atoms with van der Waals surface area (Å²) in [6.45, 7) is 14.3. The van der Waals surface area contributed by atoms with E-state index in [9.17, 15) is 38.4 Å². The van der Waals surface area contributed by atoms with Gasteiger partial charge in [0.25, 0.3) is 11.8 Å². The maximum atomic E-state index is 14.7. The first kappa shape index (κ1) is 54.3. The molecular formula is C52H72N10O8. The van der Waals surface area contributed by atoms with Crippen LogP contribution in [-0.4, -0.2) is 140 Å². The molecule has 3 aromatic carbocycles. The first-order chi connectivity index (χ1) is 33.0. The molecule has 0 saturated carbocycles. The Kier molecular flexibility index (Phi) is 18.1. The number of hydrogen-bond donors (Lipinski definition) is 8. The van der Waals surface area contributed by atoms with Crippen molar-refractivity contribution in [2.24, 2.45) is 10.8 Å². The highest BCUT2D eigenvalue weighted by atomic mass is 16.2. The van der Waals surface area contributed by atoms with Crippen LogP contribution >= 0.6 is 0 Å². The van der Waals surface area contributed by atoms with Crippen LogP contribution in [0.5, 0.6) is 0 Å². The average molecular weight is 965 g/mol. The van der Waals surface area contributed by atoms with E-state index in [1.807, 2.05) is 102 Å². The fraction of sp³-hybridized carbons (Fsp3) is 0.500. The Morgan fingerprint density at radius 2 is 0.871 bits per heavy atom. The number of benzene rings is 3. The molecule has 3 aromatic rings. The third kappa shape index (κ3) is 13.4. The zero-order valence-corrected chi connectivity index (χ0v) is 42.3. The van der Waals surface area contributed by atoms with Crippen LogP contribution in [0.15, 0.2) is 84.9 Å². The normalized spacial score (nSPS) is 19.8. The van der Waals surface area contributed by atoms with Gasteiger partial charge in [-0.05, 0) is 87.0 Å². The van der Waals surface area contributed by atoms with Gasteiger partial charge in [-0.25, -0.2) is 0 Å². The van der Waals surface area contributed by atoms with Gasteiger partial charge in [-0.15, -0.1) is 0 Å². The predicted molar refractivity (Wildman–Crippen MR) is 266 cm³/mol. The van der Waals surface area contributed by atoms with Gasteiger partial charge in [-0.1, -0.05) is 102 Å². The zero-order chi connectivity index (χ0) is 51.7. The number of likely N-dealkylation sites (N-methyl/N-ethyl adjacent to an activating group) is 3. The lowest BCUT2D eigenvalue weighted by atomic mass is 9.85. The summed E-state index contributed by atoms with van der Waals surface area (Å²) in [5.41, 5.74) is 0.648. The van der Waals surface area contributed by atoms with E-state index in [4.69, 9.17) is 0 Å². The maximum absolute atomic E-state index is 14.7. The smallest absolute Gasteiger partial charge is 0.251 e. The van der Waals surface area contributed by atoms with Crippen molar-refractivity contribution in [3.05, 3.63) is 107 Å². The van der Waals surface area contributed by atoms with Crippen molar-refractivity contribution in [2.45, 2.75) is 123 Å². The summed E-state index contributed by atoms with van der Waals surface area (Å²) < 4.78 is 0. The van der Waals surface area contributed by atoms with Crippen LogP contribution in [0.1, 0.15) is 106 Å². The standard InChI is InChI=1S/C52H72N10O8/c1-30(53-9)43(63)59-41(51(3,4)5)49(69)61-28-36(26-38(61)47(67)55-11)56-45(65)34-22-24-35(25-23-34)46(66)57-37-27-39(62(29-37)50(70)42(52(6,7)8)60-44(64)31(2)54-10)48(68)58-40(32-18-14-12-15-19-32)33-20-16-13-17-21-33/h12-25,30-31,36-42,53-54H,26-29H2,1-11H3,(H,55,67)(H,56,65)(H,57,66)(H,58,68)(H,59,63)(H,60,64)/t30-,31-,36?,37-,38-,39?,41?,42?/m0/s1. The first-order valence-corrected chi connectivity index (χ1v) is 23.9. The third-order valence-corrected chi connectivity index (χ3v) is 13.1. The van der Waals surface area contributed by atoms with E-state index in [2.05, 4.69) is 42.5 Å². The molecule has 2 saturated heterocycles.